The van der Waals surface area contributed by atoms with Crippen LogP contribution in [0.1, 0.15) is 21.5 Å². The maximum Gasteiger partial charge on any atom is 0.267 e. The molecule has 0 aliphatic carbocycles. The molecule has 0 spiro atoms. The van der Waals surface area contributed by atoms with Crippen molar-refractivity contribution >= 4 is 38.4 Å². The third-order valence-electron chi connectivity index (χ3n) is 6.90. The number of carbonyl (C=O) groups excluding carboxylic acids is 1. The topological polar surface area (TPSA) is 104 Å². The van der Waals surface area contributed by atoms with E-state index in [9.17, 15) is 14.7 Å². The summed E-state index contributed by atoms with van der Waals surface area (Å²) in [6, 6.07) is 20.0. The first-order valence-corrected chi connectivity index (χ1v) is 14.0. The average Bonchev–Trinajstić information content (AvgIpc) is 3.47. The summed E-state index contributed by atoms with van der Waals surface area (Å²) in [5.74, 6) is -0.0675. The summed E-state index contributed by atoms with van der Waals surface area (Å²) in [6.07, 6.45) is 1.72. The second kappa shape index (κ2) is 11.5. The maximum atomic E-state index is 15.2. The predicted molar refractivity (Wildman–Crippen MR) is 159 cm³/mol. The van der Waals surface area contributed by atoms with Crippen LogP contribution < -0.4 is 15.0 Å². The molecule has 0 fully saturated rings. The minimum atomic E-state index is -0.649. The van der Waals surface area contributed by atoms with Crippen LogP contribution in [0, 0.1) is 5.82 Å². The van der Waals surface area contributed by atoms with Crippen LogP contribution in [0.4, 0.5) is 4.39 Å². The van der Waals surface area contributed by atoms with E-state index in [1.54, 1.807) is 61.3 Å². The van der Waals surface area contributed by atoms with E-state index in [0.717, 1.165) is 5.56 Å². The minimum Gasteiger partial charge on any atom is -0.497 e. The number of ether oxygens (including phenoxy) is 2. The van der Waals surface area contributed by atoms with Crippen LogP contribution in [0.2, 0.25) is 0 Å². The Morgan fingerprint density at radius 2 is 1.86 bits per heavy atom. The van der Waals surface area contributed by atoms with Gasteiger partial charge in [0.25, 0.3) is 5.56 Å². The lowest BCUT2D eigenvalue weighted by Gasteiger charge is -2.14. The molecule has 6 aromatic rings. The zero-order chi connectivity index (χ0) is 29.2. The summed E-state index contributed by atoms with van der Waals surface area (Å²) in [5.41, 5.74) is 3.93. The summed E-state index contributed by atoms with van der Waals surface area (Å²) in [5, 5.41) is 10.2. The van der Waals surface area contributed by atoms with Gasteiger partial charge in [-0.25, -0.2) is 9.37 Å². The highest BCUT2D eigenvalue weighted by Gasteiger charge is 2.20. The summed E-state index contributed by atoms with van der Waals surface area (Å²) in [4.78, 5) is 36.4. The van der Waals surface area contributed by atoms with Crippen molar-refractivity contribution in [1.29, 1.82) is 0 Å². The summed E-state index contributed by atoms with van der Waals surface area (Å²) < 4.78 is 27.8. The third kappa shape index (κ3) is 5.13. The van der Waals surface area contributed by atoms with Crippen LogP contribution in [0.5, 0.6) is 17.2 Å². The molecule has 0 bridgehead atoms. The molecule has 3 aromatic heterocycles. The third-order valence-corrected chi connectivity index (χ3v) is 7.72. The Balaban J connectivity index is 1.30. The Hall–Kier alpha value is -4.93. The second-order valence-electron chi connectivity index (χ2n) is 9.50. The number of aliphatic hydroxyl groups is 1. The van der Waals surface area contributed by atoms with Crippen LogP contribution in [0.15, 0.2) is 89.3 Å². The zero-order valence-corrected chi connectivity index (χ0v) is 23.2. The molecule has 0 unspecified atom stereocenters. The van der Waals surface area contributed by atoms with E-state index in [4.69, 9.17) is 9.47 Å². The van der Waals surface area contributed by atoms with Gasteiger partial charge in [0.1, 0.15) is 16.3 Å². The highest BCUT2D eigenvalue weighted by atomic mass is 32.1. The molecule has 1 N–H and O–H groups in total. The first-order valence-electron chi connectivity index (χ1n) is 13.1. The fourth-order valence-electron chi connectivity index (χ4n) is 4.86. The molecular formula is C32H24FN3O5S. The number of carbonyl (C=O) groups is 1. The largest absolute Gasteiger partial charge is 0.497 e. The SMILES string of the molecule is COc1ccc2c(Oc3ccc(CC(=O)c4cc5ncsc5n(-c5ccccc5CCO)c4=O)cc3F)ccnc2c1. The molecule has 0 aliphatic heterocycles. The lowest BCUT2D eigenvalue weighted by molar-refractivity contribution is 0.0991. The molecule has 8 nitrogen and oxygen atoms in total. The number of rotatable bonds is 9. The summed E-state index contributed by atoms with van der Waals surface area (Å²) >= 11 is 1.29. The number of thiazole rings is 1. The number of hydrogen-bond donors (Lipinski definition) is 1. The number of benzene rings is 3. The van der Waals surface area contributed by atoms with Crippen molar-refractivity contribution in [2.75, 3.05) is 13.7 Å². The number of para-hydroxylation sites is 1. The van der Waals surface area contributed by atoms with Gasteiger partial charge < -0.3 is 14.6 Å². The Bertz CT molecular complexity index is 2020. The van der Waals surface area contributed by atoms with Gasteiger partial charge in [-0.05, 0) is 60.0 Å². The highest BCUT2D eigenvalue weighted by Crippen LogP contribution is 2.32. The van der Waals surface area contributed by atoms with E-state index in [2.05, 4.69) is 9.97 Å². The number of Topliss-reactive ketones (excluding diaryl/α,β-unsaturated/α-hetero) is 1. The predicted octanol–water partition coefficient (Wildman–Crippen LogP) is 5.90. The van der Waals surface area contributed by atoms with Gasteiger partial charge in [-0.15, -0.1) is 11.3 Å². The normalized spacial score (nSPS) is 11.2. The second-order valence-corrected chi connectivity index (χ2v) is 10.3. The molecule has 0 saturated carbocycles. The van der Waals surface area contributed by atoms with E-state index in [0.29, 0.717) is 50.4 Å². The van der Waals surface area contributed by atoms with Gasteiger partial charge in [-0.1, -0.05) is 24.3 Å². The summed E-state index contributed by atoms with van der Waals surface area (Å²) in [7, 11) is 1.56. The first kappa shape index (κ1) is 27.3. The van der Waals surface area contributed by atoms with E-state index < -0.39 is 17.2 Å². The van der Waals surface area contributed by atoms with Crippen molar-refractivity contribution in [2.24, 2.45) is 0 Å². The molecule has 3 heterocycles. The van der Waals surface area contributed by atoms with E-state index in [-0.39, 0.29) is 24.3 Å². The number of nitrogens with zero attached hydrogens (tertiary/aromatic N) is 3. The summed E-state index contributed by atoms with van der Waals surface area (Å²) in [6.45, 7) is -0.0897. The first-order chi connectivity index (χ1) is 20.5. The molecule has 0 aliphatic rings. The van der Waals surface area contributed by atoms with Crippen molar-refractivity contribution < 1.29 is 23.8 Å². The van der Waals surface area contributed by atoms with Crippen molar-refractivity contribution in [1.82, 2.24) is 14.5 Å². The molecular weight excluding hydrogens is 557 g/mol. The number of aliphatic hydroxyl groups excluding tert-OH is 1. The smallest absolute Gasteiger partial charge is 0.267 e. The Kier molecular flexibility index (Phi) is 7.47. The van der Waals surface area contributed by atoms with Crippen molar-refractivity contribution in [3.8, 4) is 22.9 Å². The maximum absolute atomic E-state index is 15.2. The fourth-order valence-corrected chi connectivity index (χ4v) is 5.64. The van der Waals surface area contributed by atoms with Gasteiger partial charge in [0.05, 0.1) is 34.9 Å². The minimum absolute atomic E-state index is 0.0127. The number of aromatic nitrogens is 3. The standard InChI is InChI=1S/C32H24FN3O5S/c1-40-21-7-8-22-25(16-21)34-12-10-29(22)41-30-9-6-19(14-24(30)33)15-28(38)23-17-26-32(42-18-35-26)36(31(23)39)27-5-3-2-4-20(27)11-13-37/h2-10,12,14,16-18,37H,11,13,15H2,1H3. The number of ketones is 1. The monoisotopic (exact) mass is 581 g/mol. The quantitative estimate of drug-likeness (QED) is 0.212. The molecule has 10 heteroatoms. The van der Waals surface area contributed by atoms with Crippen LogP contribution in [0.3, 0.4) is 0 Å². The Morgan fingerprint density at radius 1 is 1.00 bits per heavy atom. The van der Waals surface area contributed by atoms with Crippen LogP contribution in [-0.2, 0) is 12.8 Å². The molecule has 3 aromatic carbocycles. The lowest BCUT2D eigenvalue weighted by Crippen LogP contribution is -2.26. The lowest BCUT2D eigenvalue weighted by atomic mass is 10.0. The molecule has 0 amide bonds. The highest BCUT2D eigenvalue weighted by molar-refractivity contribution is 7.16. The fraction of sp³-hybridized carbons (Fsp3) is 0.125. The van der Waals surface area contributed by atoms with E-state index in [1.165, 1.54) is 34.1 Å². The van der Waals surface area contributed by atoms with Crippen LogP contribution in [0.25, 0.3) is 26.9 Å². The molecule has 0 radical (unpaired) electrons. The molecule has 0 saturated heterocycles. The van der Waals surface area contributed by atoms with Crippen molar-refractivity contribution in [3.05, 3.63) is 117 Å². The van der Waals surface area contributed by atoms with Gasteiger partial charge >= 0.3 is 0 Å². The number of methoxy groups -OCH3 is 1. The molecule has 0 atom stereocenters. The van der Waals surface area contributed by atoms with Crippen LogP contribution in [-0.4, -0.2) is 39.1 Å². The van der Waals surface area contributed by atoms with Gasteiger partial charge in [0, 0.05) is 30.7 Å². The van der Waals surface area contributed by atoms with Gasteiger partial charge in [0.2, 0.25) is 0 Å². The van der Waals surface area contributed by atoms with Crippen molar-refractivity contribution in [2.45, 2.75) is 12.8 Å². The Morgan fingerprint density at radius 3 is 2.67 bits per heavy atom. The van der Waals surface area contributed by atoms with Crippen LogP contribution >= 0.6 is 11.3 Å². The zero-order valence-electron chi connectivity index (χ0n) is 22.4. The van der Waals surface area contributed by atoms with Gasteiger partial charge in [-0.3, -0.25) is 19.1 Å². The van der Waals surface area contributed by atoms with Gasteiger partial charge in [0.15, 0.2) is 17.3 Å². The number of hydrogen-bond acceptors (Lipinski definition) is 8. The van der Waals surface area contributed by atoms with E-state index >= 15 is 4.39 Å². The molecule has 210 valence electrons. The van der Waals surface area contributed by atoms with E-state index in [1.807, 2.05) is 12.1 Å². The van der Waals surface area contributed by atoms with Gasteiger partial charge in [-0.2, -0.15) is 0 Å². The molecule has 6 rings (SSSR count). The molecule has 42 heavy (non-hydrogen) atoms. The number of pyridine rings is 2. The average molecular weight is 582 g/mol. The Labute approximate surface area is 243 Å². The van der Waals surface area contributed by atoms with Crippen molar-refractivity contribution in [3.63, 3.8) is 0 Å². The number of fused-ring (bicyclic) bond motifs is 2. The number of halogens is 1.